The maximum absolute atomic E-state index is 14.2. The van der Waals surface area contributed by atoms with Crippen LogP contribution in [0.4, 0.5) is 18.0 Å². The van der Waals surface area contributed by atoms with Crippen molar-refractivity contribution in [1.82, 2.24) is 25.1 Å². The molecule has 7 nitrogen and oxygen atoms in total. The van der Waals surface area contributed by atoms with Gasteiger partial charge in [0.25, 0.3) is 0 Å². The van der Waals surface area contributed by atoms with E-state index in [1.165, 1.54) is 23.4 Å². The number of halogens is 3. The predicted molar refractivity (Wildman–Crippen MR) is 100 cm³/mol. The Hall–Kier alpha value is -3.95. The zero-order valence-corrected chi connectivity index (χ0v) is 15.3. The van der Waals surface area contributed by atoms with Gasteiger partial charge in [0.2, 0.25) is 0 Å². The monoisotopic (exact) mass is 413 g/mol. The number of nitrogens with one attached hydrogen (secondary N) is 1. The van der Waals surface area contributed by atoms with Crippen LogP contribution in [0.3, 0.4) is 0 Å². The largest absolute Gasteiger partial charge is 0.465 e. The molecule has 2 N–H and O–H groups in total. The Balaban J connectivity index is 1.87. The summed E-state index contributed by atoms with van der Waals surface area (Å²) in [6, 6.07) is 8.36. The molecule has 2 heterocycles. The maximum Gasteiger partial charge on any atom is 0.406 e. The third-order valence-corrected chi connectivity index (χ3v) is 4.57. The lowest BCUT2D eigenvalue weighted by Crippen LogP contribution is -2.32. The van der Waals surface area contributed by atoms with Gasteiger partial charge in [0, 0.05) is 35.3 Å². The van der Waals surface area contributed by atoms with Crippen molar-refractivity contribution in [3.63, 3.8) is 0 Å². The first-order chi connectivity index (χ1) is 14.5. The van der Waals surface area contributed by atoms with E-state index in [1.54, 1.807) is 24.3 Å². The topological polar surface area (TPSA) is 92.9 Å². The van der Waals surface area contributed by atoms with Crippen molar-refractivity contribution in [2.45, 2.75) is 12.6 Å². The Morgan fingerprint density at radius 2 is 1.77 bits per heavy atom. The van der Waals surface area contributed by atoms with Gasteiger partial charge < -0.3 is 5.11 Å². The molecule has 0 aliphatic rings. The molecule has 1 atom stereocenters. The average molecular weight is 413 g/mol. The Bertz CT molecular complexity index is 1230. The van der Waals surface area contributed by atoms with Crippen LogP contribution in [0.15, 0.2) is 55.1 Å². The van der Waals surface area contributed by atoms with Gasteiger partial charge in [-0.1, -0.05) is 18.2 Å². The van der Waals surface area contributed by atoms with Gasteiger partial charge >= 0.3 is 6.09 Å². The first-order valence-electron chi connectivity index (χ1n) is 8.78. The van der Waals surface area contributed by atoms with E-state index in [-0.39, 0.29) is 12.1 Å². The summed E-state index contributed by atoms with van der Waals surface area (Å²) < 4.78 is 43.4. The highest BCUT2D eigenvalue weighted by Crippen LogP contribution is 2.27. The maximum atomic E-state index is 14.2. The second kappa shape index (κ2) is 7.82. The van der Waals surface area contributed by atoms with E-state index in [2.05, 4.69) is 20.4 Å². The van der Waals surface area contributed by atoms with Crippen molar-refractivity contribution < 1.29 is 23.1 Å². The lowest BCUT2D eigenvalue weighted by molar-refractivity contribution is 0.187. The number of carbonyl (C=O) groups is 1. The molecule has 2 aromatic heterocycles. The standard InChI is InChI=1S/C20H14F3N5O2/c21-14-5-6-15(22)18(23)13(14)7-16-12-3-1-2-4-17(12)28(27-16)19(26-20(29)30)11-8-24-10-25-9-11/h1-6,8-10,19,26H,7H2,(H,29,30). The molecule has 1 unspecified atom stereocenters. The Kier molecular flexibility index (Phi) is 5.05. The number of carboxylic acid groups (broad SMARTS) is 1. The van der Waals surface area contributed by atoms with Gasteiger partial charge in [0.05, 0.1) is 11.2 Å². The highest BCUT2D eigenvalue weighted by molar-refractivity contribution is 5.82. The normalized spacial score (nSPS) is 12.1. The number of hydrogen-bond acceptors (Lipinski definition) is 4. The van der Waals surface area contributed by atoms with Crippen LogP contribution >= 0.6 is 0 Å². The van der Waals surface area contributed by atoms with E-state index in [4.69, 9.17) is 0 Å². The number of amides is 1. The molecule has 0 saturated heterocycles. The van der Waals surface area contributed by atoms with Gasteiger partial charge in [-0.3, -0.25) is 5.32 Å². The van der Waals surface area contributed by atoms with E-state index >= 15 is 0 Å². The number of rotatable bonds is 5. The SMILES string of the molecule is O=C(O)NC(c1cncnc1)n1nc(Cc2c(F)ccc(F)c2F)c2ccccc21. The summed E-state index contributed by atoms with van der Waals surface area (Å²) in [5.74, 6) is -3.35. The summed E-state index contributed by atoms with van der Waals surface area (Å²) in [6.07, 6.45) is 1.51. The number of aromatic nitrogens is 4. The Labute approximate surface area is 167 Å². The van der Waals surface area contributed by atoms with Crippen molar-refractivity contribution in [1.29, 1.82) is 0 Å². The van der Waals surface area contributed by atoms with Crippen LogP contribution in [0, 0.1) is 17.5 Å². The van der Waals surface area contributed by atoms with E-state index in [0.29, 0.717) is 22.5 Å². The molecule has 30 heavy (non-hydrogen) atoms. The molecule has 2 aromatic carbocycles. The number of hydrogen-bond donors (Lipinski definition) is 2. The van der Waals surface area contributed by atoms with E-state index in [0.717, 1.165) is 6.07 Å². The molecule has 1 amide bonds. The van der Waals surface area contributed by atoms with Crippen molar-refractivity contribution in [2.24, 2.45) is 0 Å². The molecular weight excluding hydrogens is 399 g/mol. The van der Waals surface area contributed by atoms with Crippen LogP contribution in [0.1, 0.15) is 23.0 Å². The molecule has 0 spiro atoms. The first kappa shape index (κ1) is 19.4. The van der Waals surface area contributed by atoms with Gasteiger partial charge in [-0.15, -0.1) is 0 Å². The Morgan fingerprint density at radius 3 is 2.50 bits per heavy atom. The predicted octanol–water partition coefficient (Wildman–Crippen LogP) is 3.65. The summed E-state index contributed by atoms with van der Waals surface area (Å²) in [6.45, 7) is 0. The molecule has 0 aliphatic heterocycles. The fourth-order valence-electron chi connectivity index (χ4n) is 3.24. The van der Waals surface area contributed by atoms with Crippen molar-refractivity contribution in [3.05, 3.63) is 89.4 Å². The third-order valence-electron chi connectivity index (χ3n) is 4.57. The van der Waals surface area contributed by atoms with Crippen LogP contribution < -0.4 is 5.32 Å². The highest BCUT2D eigenvalue weighted by atomic mass is 19.2. The quantitative estimate of drug-likeness (QED) is 0.487. The minimum absolute atomic E-state index is 0.253. The molecule has 0 bridgehead atoms. The first-order valence-corrected chi connectivity index (χ1v) is 8.78. The molecule has 0 fully saturated rings. The van der Waals surface area contributed by atoms with Gasteiger partial charge in [-0.25, -0.2) is 32.6 Å². The molecule has 4 aromatic rings. The average Bonchev–Trinajstić information content (AvgIpc) is 3.11. The molecule has 4 rings (SSSR count). The zero-order valence-electron chi connectivity index (χ0n) is 15.3. The summed E-state index contributed by atoms with van der Waals surface area (Å²) in [5, 5.41) is 16.6. The van der Waals surface area contributed by atoms with Gasteiger partial charge in [-0.05, 0) is 18.2 Å². The van der Waals surface area contributed by atoms with Gasteiger partial charge in [0.1, 0.15) is 12.1 Å². The number of para-hydroxylation sites is 1. The molecule has 0 radical (unpaired) electrons. The summed E-state index contributed by atoms with van der Waals surface area (Å²) in [4.78, 5) is 19.2. The highest BCUT2D eigenvalue weighted by Gasteiger charge is 2.23. The smallest absolute Gasteiger partial charge is 0.406 e. The second-order valence-electron chi connectivity index (χ2n) is 6.43. The van der Waals surface area contributed by atoms with E-state index in [9.17, 15) is 23.1 Å². The van der Waals surface area contributed by atoms with E-state index in [1.807, 2.05) is 0 Å². The summed E-state index contributed by atoms with van der Waals surface area (Å²) in [7, 11) is 0. The third kappa shape index (κ3) is 3.54. The van der Waals surface area contributed by atoms with Crippen molar-refractivity contribution in [3.8, 4) is 0 Å². The molecule has 0 aliphatic carbocycles. The molecule has 10 heteroatoms. The van der Waals surface area contributed by atoms with E-state index < -0.39 is 35.3 Å². The number of fused-ring (bicyclic) bond motifs is 1. The molecule has 0 saturated carbocycles. The van der Waals surface area contributed by atoms with Crippen molar-refractivity contribution in [2.75, 3.05) is 0 Å². The second-order valence-corrected chi connectivity index (χ2v) is 6.43. The van der Waals surface area contributed by atoms with Crippen molar-refractivity contribution >= 4 is 17.0 Å². The van der Waals surface area contributed by atoms with Crippen LogP contribution in [0.2, 0.25) is 0 Å². The summed E-state index contributed by atoms with van der Waals surface area (Å²) in [5.41, 5.74) is 0.703. The fourth-order valence-corrected chi connectivity index (χ4v) is 3.24. The van der Waals surface area contributed by atoms with Crippen LogP contribution in [-0.4, -0.2) is 30.9 Å². The minimum atomic E-state index is -1.31. The molecule has 152 valence electrons. The Morgan fingerprint density at radius 1 is 1.07 bits per heavy atom. The zero-order chi connectivity index (χ0) is 21.3. The number of nitrogens with zero attached hydrogens (tertiary/aromatic N) is 4. The lowest BCUT2D eigenvalue weighted by atomic mass is 10.1. The van der Waals surface area contributed by atoms with Gasteiger partial charge in [-0.2, -0.15) is 5.10 Å². The number of benzene rings is 2. The minimum Gasteiger partial charge on any atom is -0.465 e. The van der Waals surface area contributed by atoms with Crippen LogP contribution in [0.5, 0.6) is 0 Å². The molecular formula is C20H14F3N5O2. The van der Waals surface area contributed by atoms with Crippen LogP contribution in [-0.2, 0) is 6.42 Å². The lowest BCUT2D eigenvalue weighted by Gasteiger charge is -2.18. The van der Waals surface area contributed by atoms with Gasteiger partial charge in [0.15, 0.2) is 17.8 Å². The summed E-state index contributed by atoms with van der Waals surface area (Å²) >= 11 is 0. The van der Waals surface area contributed by atoms with Crippen LogP contribution in [0.25, 0.3) is 10.9 Å². The fraction of sp³-hybridized carbons (Fsp3) is 0.100.